The Morgan fingerprint density at radius 3 is 2.65 bits per heavy atom. The molecule has 6 heteroatoms. The van der Waals surface area contributed by atoms with Crippen LogP contribution in [0, 0.1) is 0 Å². The highest BCUT2D eigenvalue weighted by atomic mass is 16.5. The van der Waals surface area contributed by atoms with Gasteiger partial charge < -0.3 is 25.6 Å². The quantitative estimate of drug-likeness (QED) is 0.515. The van der Waals surface area contributed by atoms with Gasteiger partial charge in [0.2, 0.25) is 0 Å². The summed E-state index contributed by atoms with van der Waals surface area (Å²) in [4.78, 5) is 12.1. The van der Waals surface area contributed by atoms with E-state index < -0.39 is 0 Å². The Hall–Kier alpha value is -1.95. The number of nitrogen functional groups attached to an aromatic ring is 1. The number of rotatable bonds is 7. The summed E-state index contributed by atoms with van der Waals surface area (Å²) < 4.78 is 10.2. The second-order valence-electron chi connectivity index (χ2n) is 4.54. The fourth-order valence-electron chi connectivity index (χ4n) is 1.77. The minimum Gasteiger partial charge on any atom is -0.497 e. The van der Waals surface area contributed by atoms with E-state index in [1.54, 1.807) is 19.1 Å². The number of carbonyl (C=O) groups excluding carboxylic acids is 1. The van der Waals surface area contributed by atoms with Crippen molar-refractivity contribution in [3.63, 3.8) is 0 Å². The van der Waals surface area contributed by atoms with Crippen LogP contribution in [-0.2, 0) is 0 Å². The van der Waals surface area contributed by atoms with Gasteiger partial charge >= 0.3 is 0 Å². The smallest absolute Gasteiger partial charge is 0.253 e. The highest BCUT2D eigenvalue weighted by Crippen LogP contribution is 2.30. The molecule has 20 heavy (non-hydrogen) atoms. The number of anilines is 1. The van der Waals surface area contributed by atoms with Crippen LogP contribution < -0.4 is 20.5 Å². The van der Waals surface area contributed by atoms with Crippen molar-refractivity contribution >= 4 is 11.6 Å². The van der Waals surface area contributed by atoms with Gasteiger partial charge in [-0.25, -0.2) is 0 Å². The van der Waals surface area contributed by atoms with E-state index in [1.165, 1.54) is 14.2 Å². The molecule has 1 unspecified atom stereocenters. The summed E-state index contributed by atoms with van der Waals surface area (Å²) in [7, 11) is 2.99. The lowest BCUT2D eigenvalue weighted by Gasteiger charge is -2.13. The van der Waals surface area contributed by atoms with Crippen molar-refractivity contribution in [2.45, 2.75) is 25.9 Å². The van der Waals surface area contributed by atoms with Crippen molar-refractivity contribution in [1.82, 2.24) is 5.32 Å². The van der Waals surface area contributed by atoms with Gasteiger partial charge in [-0.1, -0.05) is 0 Å². The third-order valence-electron chi connectivity index (χ3n) is 2.90. The molecule has 0 spiro atoms. The molecule has 0 aromatic heterocycles. The zero-order valence-electron chi connectivity index (χ0n) is 12.1. The number of aliphatic hydroxyl groups excluding tert-OH is 1. The third-order valence-corrected chi connectivity index (χ3v) is 2.90. The first kappa shape index (κ1) is 16.1. The maximum atomic E-state index is 12.1. The molecule has 0 fully saturated rings. The molecular weight excluding hydrogens is 260 g/mol. The van der Waals surface area contributed by atoms with Crippen molar-refractivity contribution in [1.29, 1.82) is 0 Å². The molecule has 0 aliphatic rings. The first-order chi connectivity index (χ1) is 9.49. The fraction of sp³-hybridized carbons (Fsp3) is 0.500. The second kappa shape index (κ2) is 7.59. The molecule has 6 nitrogen and oxygen atoms in total. The summed E-state index contributed by atoms with van der Waals surface area (Å²) in [6.45, 7) is 2.19. The number of hydrogen-bond acceptors (Lipinski definition) is 5. The molecule has 1 amide bonds. The van der Waals surface area contributed by atoms with E-state index in [9.17, 15) is 4.79 Å². The zero-order valence-corrected chi connectivity index (χ0v) is 12.1. The van der Waals surface area contributed by atoms with Crippen LogP contribution in [0.3, 0.4) is 0 Å². The average molecular weight is 282 g/mol. The first-order valence-electron chi connectivity index (χ1n) is 6.47. The SMILES string of the molecule is COc1cc(OC)c(N)c(C(=O)NCCCC(C)O)c1. The minimum absolute atomic E-state index is 0.279. The summed E-state index contributed by atoms with van der Waals surface area (Å²) in [5.74, 6) is 0.619. The van der Waals surface area contributed by atoms with Crippen LogP contribution in [-0.4, -0.2) is 37.9 Å². The predicted octanol–water partition coefficient (Wildman–Crippen LogP) is 1.18. The standard InChI is InChI=1S/C14H22N2O4/c1-9(17)5-4-6-16-14(18)11-7-10(19-2)8-12(20-3)13(11)15/h7-9,17H,4-6,15H2,1-3H3,(H,16,18). The van der Waals surface area contributed by atoms with Crippen LogP contribution in [0.15, 0.2) is 12.1 Å². The molecule has 112 valence electrons. The number of nitrogens with one attached hydrogen (secondary N) is 1. The molecule has 0 saturated heterocycles. The second-order valence-corrected chi connectivity index (χ2v) is 4.54. The number of carbonyl (C=O) groups is 1. The molecule has 1 rings (SSSR count). The molecular formula is C14H22N2O4. The molecule has 1 aromatic carbocycles. The molecule has 1 atom stereocenters. The van der Waals surface area contributed by atoms with Crippen LogP contribution in [0.5, 0.6) is 11.5 Å². The molecule has 0 saturated carbocycles. The van der Waals surface area contributed by atoms with E-state index in [0.717, 1.165) is 0 Å². The van der Waals surface area contributed by atoms with Gasteiger partial charge in [0.15, 0.2) is 0 Å². The van der Waals surface area contributed by atoms with E-state index >= 15 is 0 Å². The maximum absolute atomic E-state index is 12.1. The molecule has 0 radical (unpaired) electrons. The van der Waals surface area contributed by atoms with Gasteiger partial charge in [0.25, 0.3) is 5.91 Å². The fourth-order valence-corrected chi connectivity index (χ4v) is 1.77. The Balaban J connectivity index is 2.76. The number of benzene rings is 1. The van der Waals surface area contributed by atoms with E-state index in [-0.39, 0.29) is 17.7 Å². The number of ether oxygens (including phenoxy) is 2. The monoisotopic (exact) mass is 282 g/mol. The Morgan fingerprint density at radius 1 is 1.40 bits per heavy atom. The predicted molar refractivity (Wildman–Crippen MR) is 77.2 cm³/mol. The lowest BCUT2D eigenvalue weighted by Crippen LogP contribution is -2.26. The van der Waals surface area contributed by atoms with Crippen molar-refractivity contribution < 1.29 is 19.4 Å². The van der Waals surface area contributed by atoms with Gasteiger partial charge in [0, 0.05) is 12.6 Å². The number of hydrogen-bond donors (Lipinski definition) is 3. The van der Waals surface area contributed by atoms with Crippen molar-refractivity contribution in [3.8, 4) is 11.5 Å². The van der Waals surface area contributed by atoms with Crippen LogP contribution in [0.25, 0.3) is 0 Å². The van der Waals surface area contributed by atoms with Gasteiger partial charge in [-0.3, -0.25) is 4.79 Å². The summed E-state index contributed by atoms with van der Waals surface area (Å²) in [6.07, 6.45) is 0.968. The largest absolute Gasteiger partial charge is 0.497 e. The molecule has 0 heterocycles. The minimum atomic E-state index is -0.367. The van der Waals surface area contributed by atoms with Crippen molar-refractivity contribution in [3.05, 3.63) is 17.7 Å². The van der Waals surface area contributed by atoms with Gasteiger partial charge in [0.1, 0.15) is 11.5 Å². The van der Waals surface area contributed by atoms with Gasteiger partial charge in [-0.15, -0.1) is 0 Å². The van der Waals surface area contributed by atoms with Crippen molar-refractivity contribution in [2.24, 2.45) is 0 Å². The van der Waals surface area contributed by atoms with Crippen LogP contribution >= 0.6 is 0 Å². The maximum Gasteiger partial charge on any atom is 0.253 e. The van der Waals surface area contributed by atoms with Crippen LogP contribution in [0.2, 0.25) is 0 Å². The van der Waals surface area contributed by atoms with E-state index in [4.69, 9.17) is 20.3 Å². The Morgan fingerprint density at radius 2 is 2.10 bits per heavy atom. The Kier molecular flexibility index (Phi) is 6.11. The third kappa shape index (κ3) is 4.31. The number of aliphatic hydroxyl groups is 1. The lowest BCUT2D eigenvalue weighted by atomic mass is 10.1. The Bertz CT molecular complexity index is 461. The van der Waals surface area contributed by atoms with E-state index in [0.29, 0.717) is 36.4 Å². The van der Waals surface area contributed by atoms with Gasteiger partial charge in [-0.05, 0) is 25.8 Å². The molecule has 1 aromatic rings. The first-order valence-corrected chi connectivity index (χ1v) is 6.47. The van der Waals surface area contributed by atoms with E-state index in [1.807, 2.05) is 0 Å². The molecule has 4 N–H and O–H groups in total. The zero-order chi connectivity index (χ0) is 15.1. The lowest BCUT2D eigenvalue weighted by molar-refractivity contribution is 0.0950. The molecule has 0 bridgehead atoms. The Labute approximate surface area is 118 Å². The summed E-state index contributed by atoms with van der Waals surface area (Å²) in [5.41, 5.74) is 6.49. The van der Waals surface area contributed by atoms with Gasteiger partial charge in [-0.2, -0.15) is 0 Å². The topological polar surface area (TPSA) is 93.8 Å². The van der Waals surface area contributed by atoms with Crippen LogP contribution in [0.1, 0.15) is 30.1 Å². The molecule has 0 aliphatic carbocycles. The van der Waals surface area contributed by atoms with Crippen LogP contribution in [0.4, 0.5) is 5.69 Å². The number of amides is 1. The summed E-state index contributed by atoms with van der Waals surface area (Å²) in [6, 6.07) is 3.20. The normalized spacial score (nSPS) is 11.8. The number of nitrogens with two attached hydrogens (primary N) is 1. The summed E-state index contributed by atoms with van der Waals surface area (Å²) in [5, 5.41) is 11.9. The highest BCUT2D eigenvalue weighted by molar-refractivity contribution is 6.00. The summed E-state index contributed by atoms with van der Waals surface area (Å²) >= 11 is 0. The van der Waals surface area contributed by atoms with Gasteiger partial charge in [0.05, 0.1) is 31.6 Å². The van der Waals surface area contributed by atoms with E-state index in [2.05, 4.69) is 5.32 Å². The average Bonchev–Trinajstić information content (AvgIpc) is 2.43. The number of methoxy groups -OCH3 is 2. The molecule has 0 aliphatic heterocycles. The van der Waals surface area contributed by atoms with Crippen molar-refractivity contribution in [2.75, 3.05) is 26.5 Å². The highest BCUT2D eigenvalue weighted by Gasteiger charge is 2.15.